The van der Waals surface area contributed by atoms with Crippen molar-refractivity contribution in [2.75, 3.05) is 6.61 Å². The molecule has 9 atom stereocenters. The van der Waals surface area contributed by atoms with Crippen molar-refractivity contribution in [3.05, 3.63) is 0 Å². The third-order valence-corrected chi connectivity index (χ3v) is 10.8. The Hall–Kier alpha value is -0.0800. The average molecular weight is 405 g/mol. The van der Waals surface area contributed by atoms with E-state index < -0.39 is 0 Å². The quantitative estimate of drug-likeness (QED) is 0.534. The van der Waals surface area contributed by atoms with Crippen LogP contribution < -0.4 is 0 Å². The lowest BCUT2D eigenvalue weighted by Gasteiger charge is -2.61. The van der Waals surface area contributed by atoms with Gasteiger partial charge in [-0.1, -0.05) is 47.0 Å². The van der Waals surface area contributed by atoms with Crippen LogP contribution in [0.15, 0.2) is 0 Å². The standard InChI is InChI=1S/C27H48O2/c1-18(2)6-5-7-19(3)23-12-13-24-22-11-9-20-8-10-21(29)16-27(20,17-28)25(22)14-15-26(23,24)4/h18-25,28-29H,5-17H2,1-4H3. The van der Waals surface area contributed by atoms with Gasteiger partial charge in [0.05, 0.1) is 6.10 Å². The summed E-state index contributed by atoms with van der Waals surface area (Å²) in [5.74, 6) is 5.58. The molecule has 0 saturated heterocycles. The topological polar surface area (TPSA) is 40.5 Å². The molecule has 2 heteroatoms. The molecule has 2 nitrogen and oxygen atoms in total. The zero-order chi connectivity index (χ0) is 20.8. The average Bonchev–Trinajstić information content (AvgIpc) is 3.04. The van der Waals surface area contributed by atoms with Crippen LogP contribution in [0.2, 0.25) is 0 Å². The number of fused-ring (bicyclic) bond motifs is 5. The van der Waals surface area contributed by atoms with E-state index in [0.29, 0.717) is 23.9 Å². The van der Waals surface area contributed by atoms with Gasteiger partial charge in [-0.2, -0.15) is 0 Å². The molecule has 0 amide bonds. The first-order valence-electron chi connectivity index (χ1n) is 13.1. The highest BCUT2D eigenvalue weighted by Crippen LogP contribution is 2.68. The lowest BCUT2D eigenvalue weighted by atomic mass is 9.44. The molecule has 0 spiro atoms. The second kappa shape index (κ2) is 8.45. The van der Waals surface area contributed by atoms with E-state index in [1.54, 1.807) is 0 Å². The van der Waals surface area contributed by atoms with Crippen LogP contribution in [0, 0.1) is 52.3 Å². The first-order chi connectivity index (χ1) is 13.8. The highest BCUT2D eigenvalue weighted by atomic mass is 16.3. The molecule has 29 heavy (non-hydrogen) atoms. The van der Waals surface area contributed by atoms with Gasteiger partial charge in [0, 0.05) is 12.0 Å². The van der Waals surface area contributed by atoms with Gasteiger partial charge in [-0.15, -0.1) is 0 Å². The van der Waals surface area contributed by atoms with Crippen molar-refractivity contribution in [3.8, 4) is 0 Å². The Morgan fingerprint density at radius 1 is 0.897 bits per heavy atom. The van der Waals surface area contributed by atoms with Gasteiger partial charge in [0.2, 0.25) is 0 Å². The summed E-state index contributed by atoms with van der Waals surface area (Å²) in [7, 11) is 0. The third-order valence-electron chi connectivity index (χ3n) is 10.8. The van der Waals surface area contributed by atoms with Gasteiger partial charge >= 0.3 is 0 Å². The highest BCUT2D eigenvalue weighted by Gasteiger charge is 2.61. The molecule has 0 radical (unpaired) electrons. The minimum atomic E-state index is -0.178. The summed E-state index contributed by atoms with van der Waals surface area (Å²) in [6.07, 6.45) is 15.2. The SMILES string of the molecule is CC(C)CCCC(C)C1CCC2C3CCC4CCC(O)CC4(CO)C3CCC12C. The van der Waals surface area contributed by atoms with Crippen molar-refractivity contribution in [3.63, 3.8) is 0 Å². The van der Waals surface area contributed by atoms with E-state index in [-0.39, 0.29) is 11.5 Å². The Morgan fingerprint density at radius 3 is 2.38 bits per heavy atom. The lowest BCUT2D eigenvalue weighted by Crippen LogP contribution is -2.57. The molecule has 4 fully saturated rings. The normalized spacial score (nSPS) is 48.1. The van der Waals surface area contributed by atoms with Crippen molar-refractivity contribution < 1.29 is 10.2 Å². The van der Waals surface area contributed by atoms with Crippen molar-refractivity contribution in [2.24, 2.45) is 52.3 Å². The van der Waals surface area contributed by atoms with Gasteiger partial charge in [-0.05, 0) is 105 Å². The zero-order valence-corrected chi connectivity index (χ0v) is 19.7. The lowest BCUT2D eigenvalue weighted by molar-refractivity contribution is -0.159. The fourth-order valence-electron chi connectivity index (χ4n) is 9.41. The molecule has 4 aliphatic carbocycles. The summed E-state index contributed by atoms with van der Waals surface area (Å²) in [6.45, 7) is 10.2. The van der Waals surface area contributed by atoms with Gasteiger partial charge in [0.15, 0.2) is 0 Å². The summed E-state index contributed by atoms with van der Waals surface area (Å²) in [6, 6.07) is 0. The molecule has 4 saturated carbocycles. The highest BCUT2D eigenvalue weighted by molar-refractivity contribution is 5.10. The second-order valence-electron chi connectivity index (χ2n) is 12.5. The van der Waals surface area contributed by atoms with Gasteiger partial charge in [-0.25, -0.2) is 0 Å². The molecule has 0 bridgehead atoms. The van der Waals surface area contributed by atoms with Crippen LogP contribution in [0.5, 0.6) is 0 Å². The predicted octanol–water partition coefficient (Wildman–Crippen LogP) is 6.44. The smallest absolute Gasteiger partial charge is 0.0546 e. The Bertz CT molecular complexity index is 559. The maximum Gasteiger partial charge on any atom is 0.0546 e. The molecule has 2 N–H and O–H groups in total. The number of aliphatic hydroxyl groups excluding tert-OH is 2. The van der Waals surface area contributed by atoms with Crippen LogP contribution >= 0.6 is 0 Å². The van der Waals surface area contributed by atoms with Crippen LogP contribution in [0.3, 0.4) is 0 Å². The Morgan fingerprint density at radius 2 is 1.66 bits per heavy atom. The minimum absolute atomic E-state index is 0.0306. The van der Waals surface area contributed by atoms with Gasteiger partial charge in [0.25, 0.3) is 0 Å². The largest absolute Gasteiger partial charge is 0.396 e. The molecule has 0 aromatic carbocycles. The summed E-state index contributed by atoms with van der Waals surface area (Å²) in [5.41, 5.74) is 0.554. The van der Waals surface area contributed by atoms with E-state index in [1.165, 1.54) is 57.8 Å². The monoisotopic (exact) mass is 404 g/mol. The van der Waals surface area contributed by atoms with Crippen LogP contribution in [0.4, 0.5) is 0 Å². The first kappa shape index (κ1) is 22.1. The van der Waals surface area contributed by atoms with E-state index >= 15 is 0 Å². The summed E-state index contributed by atoms with van der Waals surface area (Å²) in [4.78, 5) is 0. The molecule has 0 aromatic rings. The maximum absolute atomic E-state index is 10.6. The summed E-state index contributed by atoms with van der Waals surface area (Å²) < 4.78 is 0. The minimum Gasteiger partial charge on any atom is -0.396 e. The maximum atomic E-state index is 10.6. The summed E-state index contributed by atoms with van der Waals surface area (Å²) in [5, 5.41) is 21.1. The van der Waals surface area contributed by atoms with Crippen LogP contribution in [0.25, 0.3) is 0 Å². The van der Waals surface area contributed by atoms with Crippen molar-refractivity contribution >= 4 is 0 Å². The summed E-state index contributed by atoms with van der Waals surface area (Å²) >= 11 is 0. The number of hydrogen-bond acceptors (Lipinski definition) is 2. The fraction of sp³-hybridized carbons (Fsp3) is 1.00. The molecule has 0 aromatic heterocycles. The molecule has 0 aliphatic heterocycles. The molecule has 9 unspecified atom stereocenters. The second-order valence-corrected chi connectivity index (χ2v) is 12.5. The molecule has 0 heterocycles. The van der Waals surface area contributed by atoms with Crippen molar-refractivity contribution in [2.45, 2.75) is 111 Å². The van der Waals surface area contributed by atoms with E-state index in [9.17, 15) is 10.2 Å². The van der Waals surface area contributed by atoms with Gasteiger partial charge in [0.1, 0.15) is 0 Å². The van der Waals surface area contributed by atoms with E-state index in [2.05, 4.69) is 27.7 Å². The molecule has 168 valence electrons. The van der Waals surface area contributed by atoms with Gasteiger partial charge < -0.3 is 10.2 Å². The van der Waals surface area contributed by atoms with Crippen LogP contribution in [0.1, 0.15) is 105 Å². The zero-order valence-electron chi connectivity index (χ0n) is 19.7. The first-order valence-corrected chi connectivity index (χ1v) is 13.1. The molecule has 4 rings (SSSR count). The Balaban J connectivity index is 1.50. The van der Waals surface area contributed by atoms with E-state index in [1.807, 2.05) is 0 Å². The van der Waals surface area contributed by atoms with E-state index in [0.717, 1.165) is 48.9 Å². The molecular weight excluding hydrogens is 356 g/mol. The molecular formula is C27H48O2. The fourth-order valence-corrected chi connectivity index (χ4v) is 9.41. The third kappa shape index (κ3) is 3.73. The number of rotatable bonds is 6. The predicted molar refractivity (Wildman–Crippen MR) is 120 cm³/mol. The van der Waals surface area contributed by atoms with Crippen molar-refractivity contribution in [1.82, 2.24) is 0 Å². The molecule has 4 aliphatic rings. The Labute approximate surface area is 180 Å². The van der Waals surface area contributed by atoms with Crippen LogP contribution in [-0.4, -0.2) is 22.9 Å². The van der Waals surface area contributed by atoms with Gasteiger partial charge in [-0.3, -0.25) is 0 Å². The van der Waals surface area contributed by atoms with Crippen molar-refractivity contribution in [1.29, 1.82) is 0 Å². The number of hydrogen-bond donors (Lipinski definition) is 2. The Kier molecular flexibility index (Phi) is 6.45. The van der Waals surface area contributed by atoms with Crippen LogP contribution in [-0.2, 0) is 0 Å². The van der Waals surface area contributed by atoms with E-state index in [4.69, 9.17) is 0 Å². The number of aliphatic hydroxyl groups is 2.